The zero-order valence-corrected chi connectivity index (χ0v) is 8.96. The lowest BCUT2D eigenvalue weighted by molar-refractivity contribution is 0.533. The van der Waals surface area contributed by atoms with E-state index in [9.17, 15) is 0 Å². The minimum Gasteiger partial charge on any atom is -0.149 e. The highest BCUT2D eigenvalue weighted by Crippen LogP contribution is 2.28. The van der Waals surface area contributed by atoms with Crippen LogP contribution in [0.2, 0.25) is 5.15 Å². The van der Waals surface area contributed by atoms with Gasteiger partial charge in [-0.2, -0.15) is 0 Å². The van der Waals surface area contributed by atoms with Crippen LogP contribution < -0.4 is 0 Å². The Morgan fingerprint density at radius 2 is 2.21 bits per heavy atom. The molecule has 1 aliphatic rings. The molecule has 0 saturated heterocycles. The van der Waals surface area contributed by atoms with E-state index in [2.05, 4.69) is 23.2 Å². The van der Waals surface area contributed by atoms with E-state index in [1.54, 1.807) is 6.07 Å². The molecule has 0 spiro atoms. The molecular weight excluding hydrogens is 196 g/mol. The fraction of sp³-hybridized carbons (Fsp3) is 0.455. The first-order valence-corrected chi connectivity index (χ1v) is 5.32. The van der Waals surface area contributed by atoms with Crippen LogP contribution in [-0.2, 0) is 0 Å². The van der Waals surface area contributed by atoms with Gasteiger partial charge in [-0.3, -0.25) is 0 Å². The van der Waals surface area contributed by atoms with Gasteiger partial charge in [0, 0.05) is 0 Å². The first-order valence-electron chi connectivity index (χ1n) is 4.94. The number of halogens is 1. The monoisotopic (exact) mass is 208 g/mol. The van der Waals surface area contributed by atoms with Gasteiger partial charge in [-0.05, 0) is 42.9 Å². The summed E-state index contributed by atoms with van der Waals surface area (Å²) in [6.07, 6.45) is 5.78. The van der Waals surface area contributed by atoms with E-state index in [1.165, 1.54) is 12.0 Å². The lowest BCUT2D eigenvalue weighted by Crippen LogP contribution is -2.02. The van der Waals surface area contributed by atoms with Gasteiger partial charge >= 0.3 is 0 Å². The van der Waals surface area contributed by atoms with E-state index < -0.39 is 0 Å². The van der Waals surface area contributed by atoms with Crippen molar-refractivity contribution in [2.45, 2.75) is 26.2 Å². The molecule has 0 radical (unpaired) electrons. The highest BCUT2D eigenvalue weighted by molar-refractivity contribution is 6.29. The van der Waals surface area contributed by atoms with Crippen LogP contribution in [0.1, 0.15) is 31.9 Å². The van der Waals surface area contributed by atoms with Gasteiger partial charge in [0.05, 0.1) is 5.69 Å². The van der Waals surface area contributed by atoms with Crippen molar-refractivity contribution in [3.05, 3.63) is 29.1 Å². The number of aromatic nitrogens is 2. The van der Waals surface area contributed by atoms with Crippen LogP contribution in [0.3, 0.4) is 0 Å². The number of nitrogens with zero attached hydrogens (tertiary/aromatic N) is 2. The molecule has 0 bridgehead atoms. The van der Waals surface area contributed by atoms with Gasteiger partial charge in [-0.1, -0.05) is 24.6 Å². The Hall–Kier alpha value is -0.890. The Kier molecular flexibility index (Phi) is 2.82. The lowest BCUT2D eigenvalue weighted by atomic mass is 9.90. The molecule has 1 atom stereocenters. The SMILES string of the molecule is CC1CC=C(c2ccc(Cl)nn2)CC1. The second-order valence-electron chi connectivity index (χ2n) is 3.85. The molecule has 0 N–H and O–H groups in total. The minimum atomic E-state index is 0.457. The summed E-state index contributed by atoms with van der Waals surface area (Å²) in [4.78, 5) is 0. The molecule has 0 aromatic carbocycles. The summed E-state index contributed by atoms with van der Waals surface area (Å²) in [7, 11) is 0. The van der Waals surface area contributed by atoms with Gasteiger partial charge in [0.25, 0.3) is 0 Å². The summed E-state index contributed by atoms with van der Waals surface area (Å²) >= 11 is 5.68. The highest BCUT2D eigenvalue weighted by atomic mass is 35.5. The van der Waals surface area contributed by atoms with Crippen molar-refractivity contribution in [2.24, 2.45) is 5.92 Å². The van der Waals surface area contributed by atoms with Crippen molar-refractivity contribution in [1.29, 1.82) is 0 Å². The Labute approximate surface area is 89.0 Å². The molecule has 0 aliphatic heterocycles. The number of rotatable bonds is 1. The maximum Gasteiger partial charge on any atom is 0.151 e. The molecule has 1 aliphatic carbocycles. The van der Waals surface area contributed by atoms with Crippen LogP contribution in [0, 0.1) is 5.92 Å². The topological polar surface area (TPSA) is 25.8 Å². The van der Waals surface area contributed by atoms with Crippen molar-refractivity contribution < 1.29 is 0 Å². The van der Waals surface area contributed by atoms with E-state index in [0.29, 0.717) is 5.15 Å². The van der Waals surface area contributed by atoms with Crippen LogP contribution in [0.15, 0.2) is 18.2 Å². The predicted octanol–water partition coefficient (Wildman–Crippen LogP) is 3.33. The number of hydrogen-bond donors (Lipinski definition) is 0. The van der Waals surface area contributed by atoms with Gasteiger partial charge in [0.2, 0.25) is 0 Å². The summed E-state index contributed by atoms with van der Waals surface area (Å²) in [5.74, 6) is 0.805. The minimum absolute atomic E-state index is 0.457. The van der Waals surface area contributed by atoms with Crippen molar-refractivity contribution in [2.75, 3.05) is 0 Å². The van der Waals surface area contributed by atoms with Gasteiger partial charge in [-0.15, -0.1) is 10.2 Å². The number of allylic oxidation sites excluding steroid dienone is 2. The smallest absolute Gasteiger partial charge is 0.149 e. The van der Waals surface area contributed by atoms with E-state index in [1.807, 2.05) is 6.07 Å². The second kappa shape index (κ2) is 4.09. The molecule has 1 unspecified atom stereocenters. The molecule has 74 valence electrons. The largest absolute Gasteiger partial charge is 0.151 e. The maximum absolute atomic E-state index is 5.68. The Morgan fingerprint density at radius 1 is 1.36 bits per heavy atom. The molecule has 1 aromatic rings. The quantitative estimate of drug-likeness (QED) is 0.708. The third-order valence-corrected chi connectivity index (χ3v) is 2.84. The van der Waals surface area contributed by atoms with Crippen molar-refractivity contribution in [3.63, 3.8) is 0 Å². The first kappa shape index (κ1) is 9.66. The van der Waals surface area contributed by atoms with Crippen LogP contribution in [0.5, 0.6) is 0 Å². The molecule has 1 heterocycles. The average molecular weight is 209 g/mol. The molecule has 3 heteroatoms. The van der Waals surface area contributed by atoms with Crippen LogP contribution in [0.25, 0.3) is 5.57 Å². The van der Waals surface area contributed by atoms with Crippen LogP contribution >= 0.6 is 11.6 Å². The molecule has 2 rings (SSSR count). The fourth-order valence-electron chi connectivity index (χ4n) is 1.69. The molecule has 0 fully saturated rings. The van der Waals surface area contributed by atoms with E-state index in [-0.39, 0.29) is 0 Å². The summed E-state index contributed by atoms with van der Waals surface area (Å²) in [6, 6.07) is 3.74. The summed E-state index contributed by atoms with van der Waals surface area (Å²) in [6.45, 7) is 2.28. The molecule has 14 heavy (non-hydrogen) atoms. The fourth-order valence-corrected chi connectivity index (χ4v) is 1.79. The standard InChI is InChI=1S/C11H13ClN2/c1-8-2-4-9(5-3-8)10-6-7-11(12)14-13-10/h4,6-8H,2-3,5H2,1H3. The van der Waals surface area contributed by atoms with Crippen molar-refractivity contribution in [1.82, 2.24) is 10.2 Å². The molecule has 2 nitrogen and oxygen atoms in total. The third-order valence-electron chi connectivity index (χ3n) is 2.63. The normalized spacial score (nSPS) is 21.9. The van der Waals surface area contributed by atoms with Crippen molar-refractivity contribution in [3.8, 4) is 0 Å². The Balaban J connectivity index is 2.19. The van der Waals surface area contributed by atoms with E-state index in [0.717, 1.165) is 24.5 Å². The van der Waals surface area contributed by atoms with E-state index >= 15 is 0 Å². The Morgan fingerprint density at radius 3 is 2.79 bits per heavy atom. The van der Waals surface area contributed by atoms with Gasteiger partial charge < -0.3 is 0 Å². The summed E-state index contributed by atoms with van der Waals surface area (Å²) in [5.41, 5.74) is 2.29. The van der Waals surface area contributed by atoms with E-state index in [4.69, 9.17) is 11.6 Å². The highest BCUT2D eigenvalue weighted by Gasteiger charge is 2.12. The average Bonchev–Trinajstić information content (AvgIpc) is 2.21. The Bertz CT molecular complexity index is 343. The number of hydrogen-bond acceptors (Lipinski definition) is 2. The molecular formula is C11H13ClN2. The molecule has 0 amide bonds. The van der Waals surface area contributed by atoms with Gasteiger partial charge in [-0.25, -0.2) is 0 Å². The van der Waals surface area contributed by atoms with Crippen molar-refractivity contribution >= 4 is 17.2 Å². The zero-order valence-electron chi connectivity index (χ0n) is 8.20. The van der Waals surface area contributed by atoms with Gasteiger partial charge in [0.1, 0.15) is 0 Å². The molecule has 0 saturated carbocycles. The van der Waals surface area contributed by atoms with Gasteiger partial charge in [0.15, 0.2) is 5.15 Å². The summed E-state index contributed by atoms with van der Waals surface area (Å²) in [5, 5.41) is 8.38. The first-order chi connectivity index (χ1) is 6.75. The molecule has 1 aromatic heterocycles. The second-order valence-corrected chi connectivity index (χ2v) is 4.24. The maximum atomic E-state index is 5.68. The third kappa shape index (κ3) is 2.13. The summed E-state index contributed by atoms with van der Waals surface area (Å²) < 4.78 is 0. The zero-order chi connectivity index (χ0) is 9.97. The predicted molar refractivity (Wildman–Crippen MR) is 58.0 cm³/mol. The van der Waals surface area contributed by atoms with Crippen LogP contribution in [0.4, 0.5) is 0 Å². The lowest BCUT2D eigenvalue weighted by Gasteiger charge is -2.17. The van der Waals surface area contributed by atoms with Crippen LogP contribution in [-0.4, -0.2) is 10.2 Å².